The number of carbonyl (C=O) groups excluding carboxylic acids is 1. The Kier molecular flexibility index (Phi) is 4.38. The number of benzene rings is 1. The first-order chi connectivity index (χ1) is 14.6. The molecule has 1 aromatic carbocycles. The number of carbonyl (C=O) groups is 1. The normalized spacial score (nSPS) is 17.8. The Bertz CT molecular complexity index is 1250. The van der Waals surface area contributed by atoms with E-state index < -0.39 is 6.17 Å². The molecule has 0 aliphatic heterocycles. The van der Waals surface area contributed by atoms with Crippen molar-refractivity contribution in [2.24, 2.45) is 5.92 Å². The predicted octanol–water partition coefficient (Wildman–Crippen LogP) is 3.14. The number of hydrogen-bond donors (Lipinski definition) is 3. The summed E-state index contributed by atoms with van der Waals surface area (Å²) in [5.41, 5.74) is 3.18. The van der Waals surface area contributed by atoms with Crippen molar-refractivity contribution >= 4 is 45.6 Å². The Labute approximate surface area is 170 Å². The van der Waals surface area contributed by atoms with E-state index in [2.05, 4.69) is 36.0 Å². The second-order valence-electron chi connectivity index (χ2n) is 7.19. The fourth-order valence-electron chi connectivity index (χ4n) is 3.39. The molecular formula is C20H19FN8O. The van der Waals surface area contributed by atoms with E-state index in [4.69, 9.17) is 0 Å². The van der Waals surface area contributed by atoms with Gasteiger partial charge in [0.2, 0.25) is 5.91 Å². The average molecular weight is 406 g/mol. The number of nitrogens with zero attached hydrogens (tertiary/aromatic N) is 5. The summed E-state index contributed by atoms with van der Waals surface area (Å²) < 4.78 is 14.7. The van der Waals surface area contributed by atoms with Gasteiger partial charge in [0, 0.05) is 37.8 Å². The highest BCUT2D eigenvalue weighted by atomic mass is 19.1. The van der Waals surface area contributed by atoms with Gasteiger partial charge in [0.15, 0.2) is 5.65 Å². The number of aromatic nitrogens is 5. The largest absolute Gasteiger partial charge is 0.373 e. The third kappa shape index (κ3) is 3.36. The SMILES string of the molecule is CNc1cc(Nc2cccc3nccnc23)nc2c(NC(=O)C[C@@H]3C[C@@H]3F)cnn12. The standard InChI is InChI=1S/C20H19FN8O/c1-22-17-9-16(26-14-4-2-3-13-19(14)24-6-5-23-13)28-20-15(10-25-29(17)20)27-18(30)8-11-7-12(11)21/h2-6,9-12,22H,7-8H2,1H3,(H,26,28)(H,27,30)/t11-,12-/m0/s1. The van der Waals surface area contributed by atoms with Crippen LogP contribution in [0.2, 0.25) is 0 Å². The second-order valence-corrected chi connectivity index (χ2v) is 7.19. The van der Waals surface area contributed by atoms with Gasteiger partial charge in [-0.15, -0.1) is 0 Å². The number of rotatable bonds is 6. The van der Waals surface area contributed by atoms with Crippen LogP contribution in [0.3, 0.4) is 0 Å². The maximum absolute atomic E-state index is 13.1. The number of para-hydroxylation sites is 1. The van der Waals surface area contributed by atoms with E-state index in [1.165, 1.54) is 6.20 Å². The van der Waals surface area contributed by atoms with Gasteiger partial charge in [0.25, 0.3) is 0 Å². The van der Waals surface area contributed by atoms with Crippen LogP contribution in [0, 0.1) is 5.92 Å². The Morgan fingerprint density at radius 3 is 2.90 bits per heavy atom. The first-order valence-electron chi connectivity index (χ1n) is 9.59. The van der Waals surface area contributed by atoms with Crippen LogP contribution in [0.4, 0.5) is 27.4 Å². The van der Waals surface area contributed by atoms with Crippen LogP contribution in [0.1, 0.15) is 12.8 Å². The molecule has 30 heavy (non-hydrogen) atoms. The van der Waals surface area contributed by atoms with Crippen LogP contribution in [0.15, 0.2) is 42.9 Å². The lowest BCUT2D eigenvalue weighted by molar-refractivity contribution is -0.116. The summed E-state index contributed by atoms with van der Waals surface area (Å²) in [5, 5.41) is 13.5. The third-order valence-corrected chi connectivity index (χ3v) is 5.05. The number of amides is 1. The van der Waals surface area contributed by atoms with Gasteiger partial charge in [0.05, 0.1) is 17.4 Å². The fourth-order valence-corrected chi connectivity index (χ4v) is 3.39. The van der Waals surface area contributed by atoms with Crippen LogP contribution in [0.25, 0.3) is 16.7 Å². The molecule has 152 valence electrons. The summed E-state index contributed by atoms with van der Waals surface area (Å²) in [6, 6.07) is 7.47. The van der Waals surface area contributed by atoms with Crippen molar-refractivity contribution < 1.29 is 9.18 Å². The second kappa shape index (κ2) is 7.21. The lowest BCUT2D eigenvalue weighted by Crippen LogP contribution is -2.13. The number of alkyl halides is 1. The van der Waals surface area contributed by atoms with Gasteiger partial charge in [-0.2, -0.15) is 9.61 Å². The zero-order valence-electron chi connectivity index (χ0n) is 16.1. The third-order valence-electron chi connectivity index (χ3n) is 5.05. The number of anilines is 4. The molecule has 9 nitrogen and oxygen atoms in total. The minimum absolute atomic E-state index is 0.157. The number of fused-ring (bicyclic) bond motifs is 2. The fraction of sp³-hybridized carbons (Fsp3) is 0.250. The molecule has 0 saturated heterocycles. The first kappa shape index (κ1) is 18.2. The Balaban J connectivity index is 1.48. The highest BCUT2D eigenvalue weighted by molar-refractivity contribution is 5.95. The van der Waals surface area contributed by atoms with Crippen molar-refractivity contribution in [2.45, 2.75) is 19.0 Å². The van der Waals surface area contributed by atoms with Crippen molar-refractivity contribution in [1.29, 1.82) is 0 Å². The van der Waals surface area contributed by atoms with Gasteiger partial charge in [0.1, 0.15) is 29.0 Å². The minimum Gasteiger partial charge on any atom is -0.373 e. The molecule has 1 amide bonds. The molecule has 4 aromatic rings. The number of halogens is 1. The first-order valence-corrected chi connectivity index (χ1v) is 9.59. The van der Waals surface area contributed by atoms with E-state index in [0.717, 1.165) is 16.7 Å². The molecule has 1 aliphatic rings. The lowest BCUT2D eigenvalue weighted by atomic mass is 10.2. The van der Waals surface area contributed by atoms with Crippen LogP contribution in [-0.4, -0.2) is 43.7 Å². The number of nitrogens with one attached hydrogen (secondary N) is 3. The van der Waals surface area contributed by atoms with E-state index >= 15 is 0 Å². The molecule has 10 heteroatoms. The van der Waals surface area contributed by atoms with Gasteiger partial charge in [-0.1, -0.05) is 6.07 Å². The quantitative estimate of drug-likeness (QED) is 0.451. The van der Waals surface area contributed by atoms with E-state index in [0.29, 0.717) is 29.4 Å². The molecule has 3 aromatic heterocycles. The maximum Gasteiger partial charge on any atom is 0.224 e. The Morgan fingerprint density at radius 1 is 1.27 bits per heavy atom. The molecule has 1 fully saturated rings. The summed E-state index contributed by atoms with van der Waals surface area (Å²) >= 11 is 0. The van der Waals surface area contributed by atoms with Crippen LogP contribution < -0.4 is 16.0 Å². The molecule has 1 saturated carbocycles. The predicted molar refractivity (Wildman–Crippen MR) is 112 cm³/mol. The van der Waals surface area contributed by atoms with Crippen LogP contribution >= 0.6 is 0 Å². The molecule has 0 radical (unpaired) electrons. The van der Waals surface area contributed by atoms with Gasteiger partial charge in [-0.3, -0.25) is 14.8 Å². The summed E-state index contributed by atoms with van der Waals surface area (Å²) in [5.74, 6) is 0.801. The maximum atomic E-state index is 13.1. The molecule has 5 rings (SSSR count). The summed E-state index contributed by atoms with van der Waals surface area (Å²) in [7, 11) is 1.77. The van der Waals surface area contributed by atoms with Gasteiger partial charge in [-0.25, -0.2) is 9.37 Å². The van der Waals surface area contributed by atoms with Crippen LogP contribution in [-0.2, 0) is 4.79 Å². The smallest absolute Gasteiger partial charge is 0.224 e. The monoisotopic (exact) mass is 406 g/mol. The molecule has 3 N–H and O–H groups in total. The van der Waals surface area contributed by atoms with Gasteiger partial charge in [-0.05, 0) is 18.6 Å². The summed E-state index contributed by atoms with van der Waals surface area (Å²) in [6.45, 7) is 0. The van der Waals surface area contributed by atoms with E-state index in [-0.39, 0.29) is 18.2 Å². The van der Waals surface area contributed by atoms with E-state index in [1.54, 1.807) is 30.0 Å². The van der Waals surface area contributed by atoms with Crippen molar-refractivity contribution in [3.63, 3.8) is 0 Å². The zero-order chi connectivity index (χ0) is 20.7. The van der Waals surface area contributed by atoms with Crippen molar-refractivity contribution in [3.05, 3.63) is 42.9 Å². The number of hydrogen-bond acceptors (Lipinski definition) is 7. The molecule has 3 heterocycles. The molecule has 1 aliphatic carbocycles. The molecular weight excluding hydrogens is 387 g/mol. The summed E-state index contributed by atoms with van der Waals surface area (Å²) in [6.07, 6.45) is 4.55. The molecule has 2 atom stereocenters. The minimum atomic E-state index is -0.867. The molecule has 0 bridgehead atoms. The van der Waals surface area contributed by atoms with Crippen molar-refractivity contribution in [2.75, 3.05) is 23.0 Å². The molecule has 0 spiro atoms. The van der Waals surface area contributed by atoms with Crippen molar-refractivity contribution in [1.82, 2.24) is 24.6 Å². The average Bonchev–Trinajstić information content (AvgIpc) is 3.29. The van der Waals surface area contributed by atoms with E-state index in [9.17, 15) is 9.18 Å². The highest BCUT2D eigenvalue weighted by Crippen LogP contribution is 2.37. The van der Waals surface area contributed by atoms with Gasteiger partial charge >= 0.3 is 0 Å². The lowest BCUT2D eigenvalue weighted by Gasteiger charge is -2.11. The topological polar surface area (TPSA) is 109 Å². The Morgan fingerprint density at radius 2 is 2.10 bits per heavy atom. The molecule has 0 unspecified atom stereocenters. The zero-order valence-corrected chi connectivity index (χ0v) is 16.1. The van der Waals surface area contributed by atoms with Gasteiger partial charge < -0.3 is 16.0 Å². The highest BCUT2D eigenvalue weighted by Gasteiger charge is 2.38. The summed E-state index contributed by atoms with van der Waals surface area (Å²) in [4.78, 5) is 25.6. The van der Waals surface area contributed by atoms with E-state index in [1.807, 2.05) is 18.2 Å². The van der Waals surface area contributed by atoms with Crippen molar-refractivity contribution in [3.8, 4) is 0 Å². The van der Waals surface area contributed by atoms with Crippen LogP contribution in [0.5, 0.6) is 0 Å². The Hall–Kier alpha value is -3.82.